The van der Waals surface area contributed by atoms with Crippen LogP contribution in [0.4, 0.5) is 0 Å². The van der Waals surface area contributed by atoms with Gasteiger partial charge in [0.25, 0.3) is 0 Å². The van der Waals surface area contributed by atoms with Gasteiger partial charge in [-0.05, 0) is 0 Å². The van der Waals surface area contributed by atoms with Crippen LogP contribution in [0.2, 0.25) is 0 Å². The average molecular weight is 108 g/mol. The van der Waals surface area contributed by atoms with Gasteiger partial charge in [0.15, 0.2) is 0 Å². The minimum atomic E-state index is -0.500. The molecule has 42 valence electrons. The molecule has 0 amide bonds. The molecule has 0 aromatic carbocycles. The van der Waals surface area contributed by atoms with Crippen LogP contribution >= 0.6 is 0 Å². The van der Waals surface area contributed by atoms with Crippen molar-refractivity contribution in [2.75, 3.05) is 0 Å². The molecule has 3 heteroatoms. The van der Waals surface area contributed by atoms with Crippen molar-refractivity contribution in [1.29, 1.82) is 0 Å². The van der Waals surface area contributed by atoms with Crippen molar-refractivity contribution in [2.24, 2.45) is 0 Å². The van der Waals surface area contributed by atoms with Crippen LogP contribution in [0.25, 0.3) is 0 Å². The van der Waals surface area contributed by atoms with Gasteiger partial charge >= 0.3 is 18.9 Å². The van der Waals surface area contributed by atoms with Crippen LogP contribution < -0.4 is 24.0 Å². The summed E-state index contributed by atoms with van der Waals surface area (Å²) in [4.78, 5) is 8.25. The first kappa shape index (κ1) is 10.9. The summed E-state index contributed by atoms with van der Waals surface area (Å²) in [6, 6.07) is 0. The first-order chi connectivity index (χ1) is 3.41. The second-order valence-electron chi connectivity index (χ2n) is 1.51. The monoisotopic (exact) mass is 108 g/mol. The zero-order chi connectivity index (χ0) is 5.54. The van der Waals surface area contributed by atoms with Crippen LogP contribution in [0.3, 0.4) is 0 Å². The fourth-order valence-electron chi connectivity index (χ4n) is 0.250. The quantitative estimate of drug-likeness (QED) is 0.244. The van der Waals surface area contributed by atoms with Crippen molar-refractivity contribution >= 4 is 6.47 Å². The molecule has 1 rings (SSSR count). The minimum absolute atomic E-state index is 0. The molecule has 0 atom stereocenters. The summed E-state index contributed by atoms with van der Waals surface area (Å²) in [5.41, 5.74) is 0. The third-order valence-electron chi connectivity index (χ3n) is 1.000. The molecule has 0 bridgehead atoms. The number of hydrogen-bond acceptors (Lipinski definition) is 2. The molecule has 2 nitrogen and oxygen atoms in total. The largest absolute Gasteiger partial charge is 1.00 e. The third-order valence-corrected chi connectivity index (χ3v) is 1.000. The second kappa shape index (κ2) is 10.1. The zero-order valence-electron chi connectivity index (χ0n) is 5.22. The normalized spacial score (nSPS) is 13.5. The molecule has 8 heavy (non-hydrogen) atoms. The van der Waals surface area contributed by atoms with Gasteiger partial charge in [0.2, 0.25) is 0 Å². The van der Waals surface area contributed by atoms with Crippen LogP contribution in [0.15, 0.2) is 0 Å². The van der Waals surface area contributed by atoms with E-state index in [0.29, 0.717) is 0 Å². The van der Waals surface area contributed by atoms with Gasteiger partial charge in [-0.15, -0.1) is 0 Å². The van der Waals surface area contributed by atoms with E-state index in [-0.39, 0.29) is 18.9 Å². The van der Waals surface area contributed by atoms with Crippen LogP contribution in [0.5, 0.6) is 0 Å². The maximum atomic E-state index is 8.25. The van der Waals surface area contributed by atoms with Gasteiger partial charge in [0, 0.05) is 6.47 Å². The summed E-state index contributed by atoms with van der Waals surface area (Å²) in [6.45, 7) is -0.500. The van der Waals surface area contributed by atoms with Gasteiger partial charge in [-0.1, -0.05) is 25.7 Å². The van der Waals surface area contributed by atoms with Crippen molar-refractivity contribution in [3.05, 3.63) is 0 Å². The van der Waals surface area contributed by atoms with Crippen molar-refractivity contribution in [3.8, 4) is 0 Å². The summed E-state index contributed by atoms with van der Waals surface area (Å²) < 4.78 is 0. The molecule has 0 spiro atoms. The van der Waals surface area contributed by atoms with E-state index in [0.717, 1.165) is 0 Å². The summed E-state index contributed by atoms with van der Waals surface area (Å²) in [6.07, 6.45) is 6.00. The number of rotatable bonds is 0. The molecule has 0 aromatic heterocycles. The molecule has 1 aliphatic rings. The Kier molecular flexibility index (Phi) is 13.9. The number of carbonyl (C=O) groups is 1. The molecular formula is C5H9LiO2. The van der Waals surface area contributed by atoms with Crippen LogP contribution in [-0.2, 0) is 4.79 Å². The van der Waals surface area contributed by atoms with Crippen molar-refractivity contribution < 1.29 is 28.8 Å². The Bertz CT molecular complexity index is 39.7. The number of carboxylic acid groups (broad SMARTS) is 1. The first-order valence-corrected chi connectivity index (χ1v) is 2.47. The SMILES string of the molecule is C1CCC1.O=C[O-].[Li+]. The summed E-state index contributed by atoms with van der Waals surface area (Å²) in [5, 5.41) is 8.25. The third kappa shape index (κ3) is 9.42. The molecule has 0 aromatic rings. The van der Waals surface area contributed by atoms with E-state index >= 15 is 0 Å². The summed E-state index contributed by atoms with van der Waals surface area (Å²) in [7, 11) is 0. The molecule has 0 unspecified atom stereocenters. The standard InChI is InChI=1S/C4H8.CH2O2.Li/c1-2-4-3-1;2-1-3;/h1-4H2;1H,(H,2,3);/q;;+1/p-1. The predicted molar refractivity (Wildman–Crippen MR) is 24.5 cm³/mol. The van der Waals surface area contributed by atoms with Gasteiger partial charge in [-0.2, -0.15) is 0 Å². The van der Waals surface area contributed by atoms with Gasteiger partial charge < -0.3 is 9.90 Å². The number of hydrogen-bond donors (Lipinski definition) is 0. The molecule has 0 aliphatic heterocycles. The maximum absolute atomic E-state index is 8.25. The van der Waals surface area contributed by atoms with Crippen molar-refractivity contribution in [3.63, 3.8) is 0 Å². The van der Waals surface area contributed by atoms with Crippen molar-refractivity contribution in [2.45, 2.75) is 25.7 Å². The fourth-order valence-corrected chi connectivity index (χ4v) is 0.250. The average Bonchev–Trinajstić information content (AvgIpc) is 1.27. The Balaban J connectivity index is 0. The van der Waals surface area contributed by atoms with E-state index in [1.54, 1.807) is 0 Å². The van der Waals surface area contributed by atoms with E-state index in [2.05, 4.69) is 0 Å². The predicted octanol–water partition coefficient (Wildman–Crippen LogP) is -3.07. The molecule has 0 radical (unpaired) electrons. The minimum Gasteiger partial charge on any atom is -0.554 e. The van der Waals surface area contributed by atoms with E-state index in [1.807, 2.05) is 0 Å². The summed E-state index contributed by atoms with van der Waals surface area (Å²) in [5.74, 6) is 0. The Morgan fingerprint density at radius 2 is 1.25 bits per heavy atom. The smallest absolute Gasteiger partial charge is 0.554 e. The molecular weight excluding hydrogens is 99.0 g/mol. The Labute approximate surface area is 61.5 Å². The van der Waals surface area contributed by atoms with Crippen LogP contribution in [0.1, 0.15) is 25.7 Å². The van der Waals surface area contributed by atoms with Gasteiger partial charge in [0.05, 0.1) is 0 Å². The Morgan fingerprint density at radius 3 is 1.25 bits per heavy atom. The van der Waals surface area contributed by atoms with Gasteiger partial charge in [0.1, 0.15) is 0 Å². The van der Waals surface area contributed by atoms with Crippen molar-refractivity contribution in [1.82, 2.24) is 0 Å². The Hall–Kier alpha value is 0.0674. The van der Waals surface area contributed by atoms with E-state index in [1.165, 1.54) is 25.7 Å². The molecule has 0 N–H and O–H groups in total. The molecule has 1 fully saturated rings. The topological polar surface area (TPSA) is 40.1 Å². The Morgan fingerprint density at radius 1 is 1.12 bits per heavy atom. The first-order valence-electron chi connectivity index (χ1n) is 2.47. The van der Waals surface area contributed by atoms with E-state index in [4.69, 9.17) is 9.90 Å². The molecule has 0 heterocycles. The van der Waals surface area contributed by atoms with Crippen LogP contribution in [-0.4, -0.2) is 6.47 Å². The molecule has 0 saturated heterocycles. The molecule has 1 aliphatic carbocycles. The van der Waals surface area contributed by atoms with E-state index in [9.17, 15) is 0 Å². The molecule has 1 saturated carbocycles. The number of carbonyl (C=O) groups excluding carboxylic acids is 1. The second-order valence-corrected chi connectivity index (χ2v) is 1.51. The summed E-state index contributed by atoms with van der Waals surface area (Å²) >= 11 is 0. The van der Waals surface area contributed by atoms with E-state index < -0.39 is 6.47 Å². The van der Waals surface area contributed by atoms with Crippen LogP contribution in [0, 0.1) is 0 Å². The van der Waals surface area contributed by atoms with Gasteiger partial charge in [-0.3, -0.25) is 0 Å². The van der Waals surface area contributed by atoms with Gasteiger partial charge in [-0.25, -0.2) is 0 Å². The fraction of sp³-hybridized carbons (Fsp3) is 0.800. The maximum Gasteiger partial charge on any atom is 1.00 e. The zero-order valence-corrected chi connectivity index (χ0v) is 5.22.